The highest BCUT2D eigenvalue weighted by atomic mass is 16.2. The molecule has 2 aromatic rings. The minimum atomic E-state index is -0.488. The van der Waals surface area contributed by atoms with Gasteiger partial charge in [-0.05, 0) is 44.7 Å². The summed E-state index contributed by atoms with van der Waals surface area (Å²) in [4.78, 5) is 16.3. The Bertz CT molecular complexity index is 747. The molecular formula is C20H31N5O. The summed E-state index contributed by atoms with van der Waals surface area (Å²) in [6, 6.07) is 10.6. The van der Waals surface area contributed by atoms with Gasteiger partial charge in [-0.1, -0.05) is 18.2 Å². The number of para-hydroxylation sites is 1. The summed E-state index contributed by atoms with van der Waals surface area (Å²) in [7, 11) is 1.74. The molecule has 1 aromatic carbocycles. The van der Waals surface area contributed by atoms with E-state index in [4.69, 9.17) is 0 Å². The molecule has 0 radical (unpaired) electrons. The van der Waals surface area contributed by atoms with Gasteiger partial charge in [-0.2, -0.15) is 0 Å². The molecule has 0 bridgehead atoms. The number of benzene rings is 1. The largest absolute Gasteiger partial charge is 0.356 e. The molecule has 0 aliphatic heterocycles. The lowest BCUT2D eigenvalue weighted by Gasteiger charge is -2.24. The third-order valence-corrected chi connectivity index (χ3v) is 4.42. The fourth-order valence-electron chi connectivity index (χ4n) is 2.80. The predicted octanol–water partition coefficient (Wildman–Crippen LogP) is 2.36. The molecule has 1 aromatic heterocycles. The van der Waals surface area contributed by atoms with Crippen LogP contribution in [0.2, 0.25) is 0 Å². The summed E-state index contributed by atoms with van der Waals surface area (Å²) < 4.78 is 2.27. The summed E-state index contributed by atoms with van der Waals surface area (Å²) in [5, 5.41) is 10.7. The number of aliphatic imine (C=N–C) groups is 1. The lowest BCUT2D eigenvalue weighted by atomic mass is 9.92. The molecule has 0 aliphatic rings. The molecule has 1 amide bonds. The Balaban J connectivity index is 1.76. The average Bonchev–Trinajstić information content (AvgIpc) is 3.04. The summed E-state index contributed by atoms with van der Waals surface area (Å²) in [6.07, 6.45) is 3.12. The molecule has 0 fully saturated rings. The van der Waals surface area contributed by atoms with Crippen molar-refractivity contribution < 1.29 is 4.79 Å². The first-order valence-corrected chi connectivity index (χ1v) is 9.24. The number of carbonyl (C=O) groups excluding carboxylic acids is 1. The van der Waals surface area contributed by atoms with Gasteiger partial charge in [0.25, 0.3) is 0 Å². The number of amides is 1. The average molecular weight is 358 g/mol. The highest BCUT2D eigenvalue weighted by molar-refractivity contribution is 5.84. The molecule has 142 valence electrons. The fourth-order valence-corrected chi connectivity index (χ4v) is 2.80. The SMILES string of the molecule is CCNC(=O)C(C)(C)CNC(=NC)NCCCn1ccc2ccccc21. The van der Waals surface area contributed by atoms with Crippen LogP contribution in [0.5, 0.6) is 0 Å². The number of fused-ring (bicyclic) bond motifs is 1. The maximum atomic E-state index is 12.1. The lowest BCUT2D eigenvalue weighted by molar-refractivity contribution is -0.128. The summed E-state index contributed by atoms with van der Waals surface area (Å²) >= 11 is 0. The van der Waals surface area contributed by atoms with E-state index in [0.29, 0.717) is 13.1 Å². The molecular weight excluding hydrogens is 326 g/mol. The van der Waals surface area contributed by atoms with E-state index >= 15 is 0 Å². The third kappa shape index (κ3) is 5.25. The first-order chi connectivity index (χ1) is 12.5. The van der Waals surface area contributed by atoms with Crippen LogP contribution in [0, 0.1) is 5.41 Å². The normalized spacial score (nSPS) is 12.2. The van der Waals surface area contributed by atoms with Crippen molar-refractivity contribution in [1.82, 2.24) is 20.5 Å². The topological polar surface area (TPSA) is 70.4 Å². The van der Waals surface area contributed by atoms with Crippen molar-refractivity contribution in [3.63, 3.8) is 0 Å². The van der Waals surface area contributed by atoms with Gasteiger partial charge >= 0.3 is 0 Å². The number of nitrogens with one attached hydrogen (secondary N) is 3. The van der Waals surface area contributed by atoms with Crippen molar-refractivity contribution in [1.29, 1.82) is 0 Å². The Morgan fingerprint density at radius 3 is 2.65 bits per heavy atom. The number of rotatable bonds is 8. The van der Waals surface area contributed by atoms with E-state index in [0.717, 1.165) is 25.5 Å². The zero-order valence-electron chi connectivity index (χ0n) is 16.3. The zero-order valence-corrected chi connectivity index (χ0v) is 16.3. The van der Waals surface area contributed by atoms with Crippen LogP contribution in [0.15, 0.2) is 41.5 Å². The minimum absolute atomic E-state index is 0.0439. The van der Waals surface area contributed by atoms with Crippen LogP contribution in [0.25, 0.3) is 10.9 Å². The number of hydrogen-bond acceptors (Lipinski definition) is 2. The quantitative estimate of drug-likeness (QED) is 0.386. The highest BCUT2D eigenvalue weighted by Gasteiger charge is 2.27. The highest BCUT2D eigenvalue weighted by Crippen LogP contribution is 2.15. The minimum Gasteiger partial charge on any atom is -0.356 e. The van der Waals surface area contributed by atoms with E-state index in [1.807, 2.05) is 20.8 Å². The second-order valence-corrected chi connectivity index (χ2v) is 7.02. The van der Waals surface area contributed by atoms with Gasteiger partial charge in [-0.15, -0.1) is 0 Å². The van der Waals surface area contributed by atoms with Crippen LogP contribution in [-0.4, -0.2) is 43.1 Å². The van der Waals surface area contributed by atoms with Crippen molar-refractivity contribution in [2.45, 2.75) is 33.7 Å². The Morgan fingerprint density at radius 2 is 1.92 bits per heavy atom. The molecule has 0 saturated carbocycles. The van der Waals surface area contributed by atoms with E-state index in [1.54, 1.807) is 7.05 Å². The van der Waals surface area contributed by atoms with E-state index in [9.17, 15) is 4.79 Å². The van der Waals surface area contributed by atoms with Crippen molar-refractivity contribution in [2.24, 2.45) is 10.4 Å². The molecule has 0 aliphatic carbocycles. The maximum Gasteiger partial charge on any atom is 0.227 e. The van der Waals surface area contributed by atoms with Crippen molar-refractivity contribution in [2.75, 3.05) is 26.7 Å². The van der Waals surface area contributed by atoms with Crippen molar-refractivity contribution >= 4 is 22.8 Å². The number of hydrogen-bond donors (Lipinski definition) is 3. The van der Waals surface area contributed by atoms with E-state index in [2.05, 4.69) is 62.0 Å². The molecule has 1 heterocycles. The van der Waals surface area contributed by atoms with E-state index in [1.165, 1.54) is 10.9 Å². The van der Waals surface area contributed by atoms with Gasteiger partial charge in [-0.25, -0.2) is 0 Å². The van der Waals surface area contributed by atoms with E-state index < -0.39 is 5.41 Å². The van der Waals surface area contributed by atoms with Crippen LogP contribution in [0.1, 0.15) is 27.2 Å². The van der Waals surface area contributed by atoms with Gasteiger partial charge in [0.15, 0.2) is 5.96 Å². The van der Waals surface area contributed by atoms with Gasteiger partial charge in [0.05, 0.1) is 5.41 Å². The number of carbonyl (C=O) groups is 1. The molecule has 26 heavy (non-hydrogen) atoms. The van der Waals surface area contributed by atoms with Gasteiger partial charge < -0.3 is 20.5 Å². The maximum absolute atomic E-state index is 12.1. The first kappa shape index (κ1) is 19.8. The molecule has 3 N–H and O–H groups in total. The fraction of sp³-hybridized carbons (Fsp3) is 0.500. The van der Waals surface area contributed by atoms with Gasteiger partial charge in [0.1, 0.15) is 0 Å². The first-order valence-electron chi connectivity index (χ1n) is 9.24. The number of aromatic nitrogens is 1. The molecule has 0 unspecified atom stereocenters. The number of aryl methyl sites for hydroxylation is 1. The monoisotopic (exact) mass is 357 g/mol. The molecule has 0 spiro atoms. The third-order valence-electron chi connectivity index (χ3n) is 4.42. The van der Waals surface area contributed by atoms with Crippen LogP contribution >= 0.6 is 0 Å². The molecule has 6 nitrogen and oxygen atoms in total. The number of nitrogens with zero attached hydrogens (tertiary/aromatic N) is 2. The van der Waals surface area contributed by atoms with Crippen LogP contribution in [0.3, 0.4) is 0 Å². The van der Waals surface area contributed by atoms with Crippen LogP contribution < -0.4 is 16.0 Å². The van der Waals surface area contributed by atoms with Crippen LogP contribution in [-0.2, 0) is 11.3 Å². The van der Waals surface area contributed by atoms with Crippen molar-refractivity contribution in [3.8, 4) is 0 Å². The second kappa shape index (κ2) is 9.27. The molecule has 2 rings (SSSR count). The van der Waals surface area contributed by atoms with Crippen LogP contribution in [0.4, 0.5) is 0 Å². The summed E-state index contributed by atoms with van der Waals surface area (Å²) in [5.41, 5.74) is 0.774. The van der Waals surface area contributed by atoms with Gasteiger partial charge in [0.2, 0.25) is 5.91 Å². The standard InChI is InChI=1S/C20H31N5O/c1-5-22-18(26)20(2,3)15-24-19(21-4)23-12-8-13-25-14-11-16-9-6-7-10-17(16)25/h6-7,9-11,14H,5,8,12-13,15H2,1-4H3,(H,22,26)(H2,21,23,24). The second-order valence-electron chi connectivity index (χ2n) is 7.02. The summed E-state index contributed by atoms with van der Waals surface area (Å²) in [6.45, 7) is 8.71. The smallest absolute Gasteiger partial charge is 0.227 e. The molecule has 0 atom stereocenters. The Hall–Kier alpha value is -2.50. The predicted molar refractivity (Wildman–Crippen MR) is 108 cm³/mol. The summed E-state index contributed by atoms with van der Waals surface area (Å²) in [5.74, 6) is 0.766. The Labute approximate surface area is 156 Å². The van der Waals surface area contributed by atoms with E-state index in [-0.39, 0.29) is 5.91 Å². The Morgan fingerprint density at radius 1 is 1.15 bits per heavy atom. The zero-order chi connectivity index (χ0) is 19.0. The molecule has 6 heteroatoms. The van der Waals surface area contributed by atoms with Gasteiger partial charge in [0, 0.05) is 44.9 Å². The Kier molecular flexibility index (Phi) is 7.06. The lowest BCUT2D eigenvalue weighted by Crippen LogP contribution is -2.48. The van der Waals surface area contributed by atoms with Crippen molar-refractivity contribution in [3.05, 3.63) is 36.5 Å². The number of guanidine groups is 1. The van der Waals surface area contributed by atoms with Gasteiger partial charge in [-0.3, -0.25) is 9.79 Å². The molecule has 0 saturated heterocycles.